The maximum Gasteiger partial charge on any atom is 0.364 e. The van der Waals surface area contributed by atoms with Gasteiger partial charge >= 0.3 is 11.9 Å². The molecule has 6 nitrogen and oxygen atoms in total. The number of nitrogens with zero attached hydrogens (tertiary/aromatic N) is 2. The average molecular weight is 274 g/mol. The smallest absolute Gasteiger partial charge is 0.364 e. The number of carbonyl (C=O) groups excluding carboxylic acids is 1. The Kier molecular flexibility index (Phi) is 3.84. The number of rotatable bonds is 4. The number of hydrogen-bond donors (Lipinski definition) is 1. The van der Waals surface area contributed by atoms with Crippen molar-refractivity contribution in [3.05, 3.63) is 47.3 Å². The first-order valence-corrected chi connectivity index (χ1v) is 6.12. The van der Waals surface area contributed by atoms with Crippen molar-refractivity contribution in [2.45, 2.75) is 20.4 Å². The quantitative estimate of drug-likeness (QED) is 0.682. The predicted octanol–water partition coefficient (Wildman–Crippen LogP) is 2.13. The highest BCUT2D eigenvalue weighted by Crippen LogP contribution is 2.18. The van der Waals surface area contributed by atoms with Gasteiger partial charge in [-0.3, -0.25) is 4.68 Å². The van der Waals surface area contributed by atoms with Crippen molar-refractivity contribution in [2.24, 2.45) is 0 Å². The number of aryl methyl sites for hydroxylation is 2. The molecule has 0 fully saturated rings. The summed E-state index contributed by atoms with van der Waals surface area (Å²) in [7, 11) is 0. The summed E-state index contributed by atoms with van der Waals surface area (Å²) in [5, 5.41) is 12.9. The molecule has 0 saturated heterocycles. The molecule has 0 aliphatic rings. The monoisotopic (exact) mass is 274 g/mol. The minimum absolute atomic E-state index is 0.0208. The van der Waals surface area contributed by atoms with E-state index in [1.807, 2.05) is 19.1 Å². The first-order chi connectivity index (χ1) is 9.52. The lowest BCUT2D eigenvalue weighted by molar-refractivity contribution is 0.0681. The Hall–Kier alpha value is -2.63. The van der Waals surface area contributed by atoms with Crippen molar-refractivity contribution in [1.82, 2.24) is 9.78 Å². The molecule has 0 atom stereocenters. The molecular formula is C14H14N2O4. The Morgan fingerprint density at radius 1 is 1.35 bits per heavy atom. The molecule has 2 rings (SSSR count). The molecule has 0 aliphatic heterocycles. The van der Waals surface area contributed by atoms with Gasteiger partial charge in [0.05, 0.1) is 0 Å². The molecule has 1 aromatic carbocycles. The van der Waals surface area contributed by atoms with Gasteiger partial charge in [0.15, 0.2) is 5.69 Å². The average Bonchev–Trinajstić information content (AvgIpc) is 2.86. The van der Waals surface area contributed by atoms with Crippen LogP contribution in [-0.4, -0.2) is 26.8 Å². The topological polar surface area (TPSA) is 81.4 Å². The summed E-state index contributed by atoms with van der Waals surface area (Å²) in [5.74, 6) is -1.37. The van der Waals surface area contributed by atoms with E-state index in [1.54, 1.807) is 19.1 Å². The Labute approximate surface area is 115 Å². The molecule has 6 heteroatoms. The van der Waals surface area contributed by atoms with Crippen LogP contribution in [0.2, 0.25) is 0 Å². The third-order valence-corrected chi connectivity index (χ3v) is 2.80. The van der Waals surface area contributed by atoms with E-state index in [9.17, 15) is 9.59 Å². The van der Waals surface area contributed by atoms with Crippen molar-refractivity contribution in [2.75, 3.05) is 0 Å². The van der Waals surface area contributed by atoms with Crippen LogP contribution < -0.4 is 4.74 Å². The van der Waals surface area contributed by atoms with Crippen LogP contribution in [0, 0.1) is 6.92 Å². The Morgan fingerprint density at radius 2 is 2.05 bits per heavy atom. The van der Waals surface area contributed by atoms with Gasteiger partial charge in [0, 0.05) is 12.6 Å². The third-order valence-electron chi connectivity index (χ3n) is 2.80. The molecule has 0 amide bonds. The highest BCUT2D eigenvalue weighted by molar-refractivity contribution is 5.93. The lowest BCUT2D eigenvalue weighted by Crippen LogP contribution is -2.11. The minimum atomic E-state index is -1.13. The number of carboxylic acid groups (broad SMARTS) is 1. The highest BCUT2D eigenvalue weighted by Gasteiger charge is 2.19. The van der Waals surface area contributed by atoms with Gasteiger partial charge in [-0.15, -0.1) is 0 Å². The fourth-order valence-corrected chi connectivity index (χ4v) is 1.75. The van der Waals surface area contributed by atoms with Gasteiger partial charge < -0.3 is 9.84 Å². The molecule has 1 N–H and O–H groups in total. The normalized spacial score (nSPS) is 10.3. The molecule has 20 heavy (non-hydrogen) atoms. The van der Waals surface area contributed by atoms with Crippen LogP contribution in [0.25, 0.3) is 0 Å². The molecule has 0 aliphatic carbocycles. The molecule has 2 aromatic rings. The Bertz CT molecular complexity index is 661. The van der Waals surface area contributed by atoms with Gasteiger partial charge in [-0.25, -0.2) is 9.59 Å². The summed E-state index contributed by atoms with van der Waals surface area (Å²) >= 11 is 0. The Balaban J connectivity index is 2.26. The molecule has 1 heterocycles. The van der Waals surface area contributed by atoms with E-state index in [0.717, 1.165) is 5.56 Å². The van der Waals surface area contributed by atoms with Gasteiger partial charge in [0.2, 0.25) is 0 Å². The second kappa shape index (κ2) is 5.56. The van der Waals surface area contributed by atoms with Crippen molar-refractivity contribution in [3.8, 4) is 5.75 Å². The summed E-state index contributed by atoms with van der Waals surface area (Å²) in [6, 6.07) is 8.29. The lowest BCUT2D eigenvalue weighted by atomic mass is 10.2. The van der Waals surface area contributed by atoms with Crippen LogP contribution in [0.15, 0.2) is 30.3 Å². The number of aromatic carboxylic acids is 1. The molecular weight excluding hydrogens is 260 g/mol. The van der Waals surface area contributed by atoms with Gasteiger partial charge in [-0.2, -0.15) is 5.10 Å². The number of carbonyl (C=O) groups is 2. The van der Waals surface area contributed by atoms with E-state index in [-0.39, 0.29) is 11.4 Å². The number of para-hydroxylation sites is 1. The first kappa shape index (κ1) is 13.8. The van der Waals surface area contributed by atoms with E-state index in [4.69, 9.17) is 9.84 Å². The maximum atomic E-state index is 12.0. The number of esters is 1. The largest absolute Gasteiger partial charge is 0.477 e. The summed E-state index contributed by atoms with van der Waals surface area (Å²) in [5.41, 5.74) is 0.756. The number of benzene rings is 1. The summed E-state index contributed by atoms with van der Waals surface area (Å²) in [6.07, 6.45) is 0. The second-order valence-corrected chi connectivity index (χ2v) is 4.19. The zero-order valence-electron chi connectivity index (χ0n) is 11.2. The molecule has 1 aromatic heterocycles. The van der Waals surface area contributed by atoms with E-state index in [0.29, 0.717) is 12.3 Å². The first-order valence-electron chi connectivity index (χ1n) is 6.12. The van der Waals surface area contributed by atoms with Crippen LogP contribution in [0.4, 0.5) is 0 Å². The zero-order valence-corrected chi connectivity index (χ0v) is 11.2. The zero-order chi connectivity index (χ0) is 14.7. The molecule has 0 bridgehead atoms. The van der Waals surface area contributed by atoms with Crippen molar-refractivity contribution in [3.63, 3.8) is 0 Å². The number of carboxylic acids is 1. The van der Waals surface area contributed by atoms with E-state index >= 15 is 0 Å². The number of ether oxygens (including phenoxy) is 1. The number of aromatic nitrogens is 2. The van der Waals surface area contributed by atoms with Crippen LogP contribution in [-0.2, 0) is 6.54 Å². The molecule has 0 saturated carbocycles. The Morgan fingerprint density at radius 3 is 2.60 bits per heavy atom. The SMILES string of the molecule is CCn1nc(C(=O)Oc2ccccc2C)cc1C(=O)O. The van der Waals surface area contributed by atoms with Crippen LogP contribution in [0.1, 0.15) is 33.5 Å². The van der Waals surface area contributed by atoms with E-state index in [1.165, 1.54) is 10.7 Å². The summed E-state index contributed by atoms with van der Waals surface area (Å²) in [4.78, 5) is 23.0. The van der Waals surface area contributed by atoms with Crippen molar-refractivity contribution in [1.29, 1.82) is 0 Å². The maximum absolute atomic E-state index is 12.0. The fraction of sp³-hybridized carbons (Fsp3) is 0.214. The van der Waals surface area contributed by atoms with Crippen LogP contribution in [0.3, 0.4) is 0 Å². The predicted molar refractivity (Wildman–Crippen MR) is 71.0 cm³/mol. The summed E-state index contributed by atoms with van der Waals surface area (Å²) < 4.78 is 6.46. The van der Waals surface area contributed by atoms with Gasteiger partial charge in [-0.05, 0) is 25.5 Å². The van der Waals surface area contributed by atoms with Crippen molar-refractivity contribution < 1.29 is 19.4 Å². The standard InChI is InChI=1S/C14H14N2O4/c1-3-16-11(13(17)18)8-10(15-16)14(19)20-12-7-5-4-6-9(12)2/h4-8H,3H2,1-2H3,(H,17,18). The minimum Gasteiger partial charge on any atom is -0.477 e. The van der Waals surface area contributed by atoms with Crippen LogP contribution >= 0.6 is 0 Å². The highest BCUT2D eigenvalue weighted by atomic mass is 16.5. The summed E-state index contributed by atoms with van der Waals surface area (Å²) in [6.45, 7) is 3.92. The fourth-order valence-electron chi connectivity index (χ4n) is 1.75. The van der Waals surface area contributed by atoms with Crippen molar-refractivity contribution >= 4 is 11.9 Å². The lowest BCUT2D eigenvalue weighted by Gasteiger charge is -2.04. The van der Waals surface area contributed by atoms with Crippen LogP contribution in [0.5, 0.6) is 5.75 Å². The van der Waals surface area contributed by atoms with E-state index in [2.05, 4.69) is 5.10 Å². The van der Waals surface area contributed by atoms with Gasteiger partial charge in [-0.1, -0.05) is 18.2 Å². The van der Waals surface area contributed by atoms with E-state index < -0.39 is 11.9 Å². The molecule has 0 radical (unpaired) electrons. The third kappa shape index (κ3) is 2.69. The van der Waals surface area contributed by atoms with Gasteiger partial charge in [0.25, 0.3) is 0 Å². The molecule has 0 unspecified atom stereocenters. The number of hydrogen-bond acceptors (Lipinski definition) is 4. The second-order valence-electron chi connectivity index (χ2n) is 4.19. The molecule has 104 valence electrons. The van der Waals surface area contributed by atoms with Gasteiger partial charge in [0.1, 0.15) is 11.4 Å². The molecule has 0 spiro atoms.